The van der Waals surface area contributed by atoms with E-state index in [4.69, 9.17) is 17.0 Å². The van der Waals surface area contributed by atoms with Gasteiger partial charge >= 0.3 is 5.69 Å². The van der Waals surface area contributed by atoms with Crippen molar-refractivity contribution in [1.29, 1.82) is 0 Å². The summed E-state index contributed by atoms with van der Waals surface area (Å²) in [6.45, 7) is 0.554. The number of rotatable bonds is 6. The summed E-state index contributed by atoms with van der Waals surface area (Å²) < 4.78 is 4.95. The zero-order valence-corrected chi connectivity index (χ0v) is 15.1. The van der Waals surface area contributed by atoms with Crippen LogP contribution in [0.5, 0.6) is 11.5 Å². The smallest absolute Gasteiger partial charge is 0.315 e. The number of nitrogens with one attached hydrogen (secondary N) is 1. The van der Waals surface area contributed by atoms with Crippen molar-refractivity contribution < 1.29 is 14.8 Å². The van der Waals surface area contributed by atoms with E-state index in [0.29, 0.717) is 17.2 Å². The second-order valence-corrected chi connectivity index (χ2v) is 5.65. The van der Waals surface area contributed by atoms with Gasteiger partial charge in [-0.15, -0.1) is 0 Å². The van der Waals surface area contributed by atoms with Crippen molar-refractivity contribution in [1.82, 2.24) is 10.3 Å². The van der Waals surface area contributed by atoms with Crippen LogP contribution in [0.25, 0.3) is 0 Å². The molecule has 0 amide bonds. The monoisotopic (exact) mass is 374 g/mol. The van der Waals surface area contributed by atoms with E-state index < -0.39 is 16.4 Å². The van der Waals surface area contributed by atoms with E-state index in [9.17, 15) is 15.2 Å². The molecule has 0 heterocycles. The third kappa shape index (κ3) is 4.90. The van der Waals surface area contributed by atoms with Gasteiger partial charge in [-0.25, -0.2) is 5.01 Å². The third-order valence-corrected chi connectivity index (χ3v) is 3.86. The molecule has 0 aliphatic heterocycles. The maximum Gasteiger partial charge on any atom is 0.315 e. The molecule has 9 heteroatoms. The molecule has 0 aliphatic rings. The number of nitro groups is 1. The number of hydrazone groups is 1. The van der Waals surface area contributed by atoms with Crippen molar-refractivity contribution in [3.8, 4) is 11.5 Å². The Balaban J connectivity index is 2.07. The number of benzene rings is 2. The summed E-state index contributed by atoms with van der Waals surface area (Å²) in [7, 11) is 2.97. The van der Waals surface area contributed by atoms with Crippen molar-refractivity contribution in [3.05, 3.63) is 63.7 Å². The summed E-state index contributed by atoms with van der Waals surface area (Å²) in [6, 6.07) is 12.4. The first kappa shape index (κ1) is 19.1. The van der Waals surface area contributed by atoms with Crippen molar-refractivity contribution in [3.63, 3.8) is 0 Å². The predicted octanol–water partition coefficient (Wildman–Crippen LogP) is 2.65. The molecular weight excluding hydrogens is 356 g/mol. The van der Waals surface area contributed by atoms with Gasteiger partial charge in [0.25, 0.3) is 0 Å². The molecule has 0 spiro atoms. The largest absolute Gasteiger partial charge is 0.500 e. The number of methoxy groups -OCH3 is 1. The minimum Gasteiger partial charge on any atom is -0.500 e. The zero-order chi connectivity index (χ0) is 19.1. The molecule has 0 fully saturated rings. The fourth-order valence-electron chi connectivity index (χ4n) is 2.08. The predicted molar refractivity (Wildman–Crippen MR) is 103 cm³/mol. The minimum atomic E-state index is -0.690. The molecular formula is C17H18N4O4S. The number of phenolic OH excluding ortho intramolecular Hbond substituents is 1. The Kier molecular flexibility index (Phi) is 6.45. The fraction of sp³-hybridized carbons (Fsp3) is 0.176. The van der Waals surface area contributed by atoms with Crippen LogP contribution in [0, 0.1) is 10.1 Å². The lowest BCUT2D eigenvalue weighted by Gasteiger charge is -2.15. The van der Waals surface area contributed by atoms with E-state index in [0.717, 1.165) is 5.56 Å². The molecule has 8 nitrogen and oxygen atoms in total. The highest BCUT2D eigenvalue weighted by Crippen LogP contribution is 2.36. The highest BCUT2D eigenvalue weighted by atomic mass is 32.1. The van der Waals surface area contributed by atoms with Crippen LogP contribution in [0.2, 0.25) is 0 Å². The number of hydrogen-bond acceptors (Lipinski definition) is 6. The Bertz CT molecular complexity index is 827. The maximum absolute atomic E-state index is 11.0. The van der Waals surface area contributed by atoms with Crippen LogP contribution >= 0.6 is 12.2 Å². The van der Waals surface area contributed by atoms with E-state index in [1.807, 2.05) is 30.3 Å². The molecule has 2 rings (SSSR count). The molecule has 0 saturated heterocycles. The summed E-state index contributed by atoms with van der Waals surface area (Å²) in [5.41, 5.74) is 1.01. The Hall–Kier alpha value is -3.20. The molecule has 0 radical (unpaired) electrons. The standard InChI is InChI=1S/C17H18N4O4S/c1-20(17(26)18-10-12-6-4-3-5-7-12)19-11-13-8-14(21(23)24)16(22)15(9-13)25-2/h3-9,11,22H,10H2,1-2H3,(H,18,26)/b19-11+. The first-order valence-corrected chi connectivity index (χ1v) is 7.98. The lowest BCUT2D eigenvalue weighted by Crippen LogP contribution is -2.33. The average molecular weight is 374 g/mol. The van der Waals surface area contributed by atoms with E-state index in [2.05, 4.69) is 10.4 Å². The molecule has 2 aromatic carbocycles. The molecule has 26 heavy (non-hydrogen) atoms. The average Bonchev–Trinajstić information content (AvgIpc) is 2.65. The molecule has 2 aromatic rings. The van der Waals surface area contributed by atoms with Gasteiger partial charge in [-0.05, 0) is 23.8 Å². The van der Waals surface area contributed by atoms with Gasteiger partial charge in [0.05, 0.1) is 18.2 Å². The first-order chi connectivity index (χ1) is 12.4. The Morgan fingerprint density at radius 3 is 2.73 bits per heavy atom. The quantitative estimate of drug-likeness (QED) is 0.347. The number of hydrogen-bond donors (Lipinski definition) is 2. The molecule has 0 aliphatic carbocycles. The molecule has 0 unspecified atom stereocenters. The van der Waals surface area contributed by atoms with Gasteiger partial charge in [0.2, 0.25) is 5.75 Å². The van der Waals surface area contributed by atoms with Crippen molar-refractivity contribution in [2.75, 3.05) is 14.2 Å². The van der Waals surface area contributed by atoms with E-state index >= 15 is 0 Å². The van der Waals surface area contributed by atoms with Gasteiger partial charge in [-0.2, -0.15) is 5.10 Å². The van der Waals surface area contributed by atoms with Crippen LogP contribution in [0.4, 0.5) is 5.69 Å². The Morgan fingerprint density at radius 2 is 2.12 bits per heavy atom. The SMILES string of the molecule is COc1cc(/C=N/N(C)C(=S)NCc2ccccc2)cc([N+](=O)[O-])c1O. The number of aromatic hydroxyl groups is 1. The van der Waals surface area contributed by atoms with Crippen LogP contribution in [-0.4, -0.2) is 40.5 Å². The molecule has 0 bridgehead atoms. The normalized spacial score (nSPS) is 10.5. The lowest BCUT2D eigenvalue weighted by atomic mass is 10.2. The molecule has 0 atom stereocenters. The second-order valence-electron chi connectivity index (χ2n) is 5.26. The van der Waals surface area contributed by atoms with E-state index in [1.54, 1.807) is 7.05 Å². The van der Waals surface area contributed by atoms with Gasteiger partial charge in [0.1, 0.15) is 0 Å². The topological polar surface area (TPSA) is 100 Å². The number of phenols is 1. The summed E-state index contributed by atoms with van der Waals surface area (Å²) in [4.78, 5) is 10.3. The molecule has 2 N–H and O–H groups in total. The number of thiocarbonyl (C=S) groups is 1. The van der Waals surface area contributed by atoms with Crippen molar-refractivity contribution >= 4 is 29.2 Å². The van der Waals surface area contributed by atoms with Gasteiger partial charge in [0.15, 0.2) is 10.9 Å². The highest BCUT2D eigenvalue weighted by molar-refractivity contribution is 7.80. The number of nitro benzene ring substituents is 1. The number of nitrogens with zero attached hydrogens (tertiary/aromatic N) is 3. The molecule has 0 saturated carbocycles. The first-order valence-electron chi connectivity index (χ1n) is 7.57. The fourth-order valence-corrected chi connectivity index (χ4v) is 2.20. The van der Waals surface area contributed by atoms with Gasteiger partial charge < -0.3 is 15.2 Å². The van der Waals surface area contributed by atoms with E-state index in [-0.39, 0.29) is 5.75 Å². The van der Waals surface area contributed by atoms with Gasteiger partial charge in [-0.3, -0.25) is 10.1 Å². The third-order valence-electron chi connectivity index (χ3n) is 3.45. The molecule has 136 valence electrons. The van der Waals surface area contributed by atoms with Crippen LogP contribution in [0.3, 0.4) is 0 Å². The second kappa shape index (κ2) is 8.77. The van der Waals surface area contributed by atoms with Crippen LogP contribution in [-0.2, 0) is 6.54 Å². The summed E-state index contributed by atoms with van der Waals surface area (Å²) in [5, 5.41) is 29.8. The van der Waals surface area contributed by atoms with E-state index in [1.165, 1.54) is 30.5 Å². The summed E-state index contributed by atoms with van der Waals surface area (Å²) in [5.74, 6) is -0.531. The molecule has 0 aromatic heterocycles. The highest BCUT2D eigenvalue weighted by Gasteiger charge is 2.19. The summed E-state index contributed by atoms with van der Waals surface area (Å²) >= 11 is 5.26. The zero-order valence-electron chi connectivity index (χ0n) is 14.2. The van der Waals surface area contributed by atoms with Gasteiger partial charge in [-0.1, -0.05) is 30.3 Å². The Labute approximate surface area is 155 Å². The lowest BCUT2D eigenvalue weighted by molar-refractivity contribution is -0.386. The van der Waals surface area contributed by atoms with Crippen molar-refractivity contribution in [2.24, 2.45) is 5.10 Å². The maximum atomic E-state index is 11.0. The van der Waals surface area contributed by atoms with Crippen LogP contribution < -0.4 is 10.1 Å². The van der Waals surface area contributed by atoms with Crippen LogP contribution in [0.15, 0.2) is 47.6 Å². The number of ether oxygens (including phenoxy) is 1. The summed E-state index contributed by atoms with van der Waals surface area (Å²) in [6.07, 6.45) is 1.39. The van der Waals surface area contributed by atoms with Gasteiger partial charge in [0, 0.05) is 25.2 Å². The van der Waals surface area contributed by atoms with Crippen LogP contribution in [0.1, 0.15) is 11.1 Å². The Morgan fingerprint density at radius 1 is 1.42 bits per heavy atom. The van der Waals surface area contributed by atoms with Crippen molar-refractivity contribution in [2.45, 2.75) is 6.54 Å². The minimum absolute atomic E-state index is 0.00641.